The molecule has 0 saturated carbocycles. The zero-order chi connectivity index (χ0) is 14.2. The lowest BCUT2D eigenvalue weighted by Gasteiger charge is -2.34. The minimum absolute atomic E-state index is 0.161. The standard InChI is InChI=1S/C12H15ClN4O3/c1-12(2)18-4-8(5-19-12)6-20-17-7-15-9-3-14-11(13)16-10(9)17/h3,7-8H,4-6H2,1-2H3. The molecule has 0 radical (unpaired) electrons. The fourth-order valence-electron chi connectivity index (χ4n) is 1.87. The van der Waals surface area contributed by atoms with Gasteiger partial charge >= 0.3 is 0 Å². The number of hydrogen-bond acceptors (Lipinski definition) is 6. The summed E-state index contributed by atoms with van der Waals surface area (Å²) in [5, 5.41) is 0.161. The van der Waals surface area contributed by atoms with Crippen LogP contribution in [0.25, 0.3) is 11.2 Å². The van der Waals surface area contributed by atoms with E-state index in [0.717, 1.165) is 0 Å². The fourth-order valence-corrected chi connectivity index (χ4v) is 2.00. The summed E-state index contributed by atoms with van der Waals surface area (Å²) in [6.45, 7) is 5.42. The van der Waals surface area contributed by atoms with E-state index in [1.807, 2.05) is 13.8 Å². The molecule has 3 heterocycles. The first-order valence-electron chi connectivity index (χ1n) is 6.30. The van der Waals surface area contributed by atoms with Crippen LogP contribution in [0.2, 0.25) is 5.28 Å². The maximum absolute atomic E-state index is 5.77. The van der Waals surface area contributed by atoms with Gasteiger partial charge < -0.3 is 14.3 Å². The first-order chi connectivity index (χ1) is 9.53. The first-order valence-corrected chi connectivity index (χ1v) is 6.68. The molecule has 7 nitrogen and oxygen atoms in total. The molecule has 0 spiro atoms. The summed E-state index contributed by atoms with van der Waals surface area (Å²) in [6.07, 6.45) is 3.10. The normalized spacial score (nSPS) is 19.4. The highest BCUT2D eigenvalue weighted by Crippen LogP contribution is 2.20. The molecule has 1 aliphatic rings. The van der Waals surface area contributed by atoms with E-state index in [0.29, 0.717) is 31.0 Å². The lowest BCUT2D eigenvalue weighted by molar-refractivity contribution is -0.266. The highest BCUT2D eigenvalue weighted by atomic mass is 35.5. The van der Waals surface area contributed by atoms with Gasteiger partial charge in [-0.3, -0.25) is 0 Å². The molecule has 1 aliphatic heterocycles. The Balaban J connectivity index is 1.64. The quantitative estimate of drug-likeness (QED) is 0.796. The second-order valence-corrected chi connectivity index (χ2v) is 5.44. The van der Waals surface area contributed by atoms with Crippen molar-refractivity contribution in [1.82, 2.24) is 19.7 Å². The number of rotatable bonds is 3. The van der Waals surface area contributed by atoms with Gasteiger partial charge in [-0.05, 0) is 25.4 Å². The second kappa shape index (κ2) is 5.16. The van der Waals surface area contributed by atoms with Crippen molar-refractivity contribution in [3.05, 3.63) is 17.8 Å². The largest absolute Gasteiger partial charge is 0.410 e. The third-order valence-corrected chi connectivity index (χ3v) is 3.20. The molecular formula is C12H15ClN4O3. The molecule has 0 amide bonds. The molecule has 2 aromatic rings. The van der Waals surface area contributed by atoms with Crippen molar-refractivity contribution in [3.63, 3.8) is 0 Å². The Labute approximate surface area is 120 Å². The summed E-state index contributed by atoms with van der Waals surface area (Å²) in [4.78, 5) is 17.8. The van der Waals surface area contributed by atoms with E-state index in [-0.39, 0.29) is 11.2 Å². The Kier molecular flexibility index (Phi) is 3.49. The van der Waals surface area contributed by atoms with Crippen molar-refractivity contribution in [2.45, 2.75) is 19.6 Å². The maximum Gasteiger partial charge on any atom is 0.224 e. The number of halogens is 1. The number of nitrogens with zero attached hydrogens (tertiary/aromatic N) is 4. The van der Waals surface area contributed by atoms with E-state index in [1.165, 1.54) is 4.73 Å². The molecule has 3 rings (SSSR count). The topological polar surface area (TPSA) is 71.3 Å². The SMILES string of the molecule is CC1(C)OCC(COn2cnc3cnc(Cl)nc32)CO1. The zero-order valence-electron chi connectivity index (χ0n) is 11.2. The Bertz CT molecular complexity index is 606. The third kappa shape index (κ3) is 2.84. The monoisotopic (exact) mass is 298 g/mol. The van der Waals surface area contributed by atoms with E-state index in [2.05, 4.69) is 15.0 Å². The Morgan fingerprint density at radius 3 is 2.90 bits per heavy atom. The molecule has 8 heteroatoms. The molecule has 0 N–H and O–H groups in total. The zero-order valence-corrected chi connectivity index (χ0v) is 12.0. The van der Waals surface area contributed by atoms with Crippen LogP contribution >= 0.6 is 11.6 Å². The highest BCUT2D eigenvalue weighted by Gasteiger charge is 2.28. The summed E-state index contributed by atoms with van der Waals surface area (Å²) in [6, 6.07) is 0. The van der Waals surface area contributed by atoms with Gasteiger partial charge in [-0.2, -0.15) is 9.71 Å². The molecule has 2 aromatic heterocycles. The molecule has 0 unspecified atom stereocenters. The van der Waals surface area contributed by atoms with Gasteiger partial charge in [0, 0.05) is 5.92 Å². The number of fused-ring (bicyclic) bond motifs is 1. The maximum atomic E-state index is 5.77. The molecular weight excluding hydrogens is 284 g/mol. The predicted molar refractivity (Wildman–Crippen MR) is 71.3 cm³/mol. The fraction of sp³-hybridized carbons (Fsp3) is 0.583. The van der Waals surface area contributed by atoms with E-state index < -0.39 is 5.79 Å². The molecule has 20 heavy (non-hydrogen) atoms. The van der Waals surface area contributed by atoms with E-state index in [9.17, 15) is 0 Å². The van der Waals surface area contributed by atoms with Gasteiger partial charge in [0.1, 0.15) is 18.5 Å². The molecule has 0 aliphatic carbocycles. The van der Waals surface area contributed by atoms with Crippen molar-refractivity contribution >= 4 is 22.8 Å². The van der Waals surface area contributed by atoms with Crippen LogP contribution in [0, 0.1) is 5.92 Å². The lowest BCUT2D eigenvalue weighted by atomic mass is 10.1. The average Bonchev–Trinajstić information content (AvgIpc) is 2.80. The van der Waals surface area contributed by atoms with Gasteiger partial charge in [-0.25, -0.2) is 9.97 Å². The van der Waals surface area contributed by atoms with Crippen LogP contribution in [-0.2, 0) is 9.47 Å². The van der Waals surface area contributed by atoms with Crippen LogP contribution in [0.3, 0.4) is 0 Å². The van der Waals surface area contributed by atoms with Crippen molar-refractivity contribution in [2.24, 2.45) is 5.92 Å². The van der Waals surface area contributed by atoms with Gasteiger partial charge in [0.2, 0.25) is 5.28 Å². The molecule has 108 valence electrons. The summed E-state index contributed by atoms with van der Waals surface area (Å²) < 4.78 is 12.6. The van der Waals surface area contributed by atoms with Crippen LogP contribution in [0.1, 0.15) is 13.8 Å². The number of hydrogen-bond donors (Lipinski definition) is 0. The van der Waals surface area contributed by atoms with Crippen molar-refractivity contribution < 1.29 is 14.3 Å². The minimum atomic E-state index is -0.515. The Hall–Kier alpha value is -1.44. The summed E-state index contributed by atoms with van der Waals surface area (Å²) in [5.74, 6) is -0.350. The molecule has 1 saturated heterocycles. The minimum Gasteiger partial charge on any atom is -0.410 e. The second-order valence-electron chi connectivity index (χ2n) is 5.10. The van der Waals surface area contributed by atoms with Gasteiger partial charge in [0.05, 0.1) is 19.4 Å². The van der Waals surface area contributed by atoms with Gasteiger partial charge in [-0.15, -0.1) is 0 Å². The summed E-state index contributed by atoms with van der Waals surface area (Å²) in [5.41, 5.74) is 1.18. The number of imidazole rings is 1. The van der Waals surface area contributed by atoms with Crippen molar-refractivity contribution in [3.8, 4) is 0 Å². The Morgan fingerprint density at radius 2 is 2.15 bits per heavy atom. The van der Waals surface area contributed by atoms with E-state index in [4.69, 9.17) is 25.9 Å². The van der Waals surface area contributed by atoms with Crippen LogP contribution in [0.4, 0.5) is 0 Å². The van der Waals surface area contributed by atoms with E-state index in [1.54, 1.807) is 12.5 Å². The molecule has 0 atom stereocenters. The third-order valence-electron chi connectivity index (χ3n) is 3.01. The van der Waals surface area contributed by atoms with Gasteiger partial charge in [0.25, 0.3) is 0 Å². The van der Waals surface area contributed by atoms with Crippen LogP contribution in [0.5, 0.6) is 0 Å². The van der Waals surface area contributed by atoms with Crippen molar-refractivity contribution in [1.29, 1.82) is 0 Å². The van der Waals surface area contributed by atoms with Crippen LogP contribution < -0.4 is 4.84 Å². The Morgan fingerprint density at radius 1 is 1.40 bits per heavy atom. The van der Waals surface area contributed by atoms with Gasteiger partial charge in [-0.1, -0.05) is 0 Å². The van der Waals surface area contributed by atoms with Crippen LogP contribution in [-0.4, -0.2) is 45.3 Å². The summed E-state index contributed by atoms with van der Waals surface area (Å²) >= 11 is 5.77. The van der Waals surface area contributed by atoms with Gasteiger partial charge in [0.15, 0.2) is 11.4 Å². The smallest absolute Gasteiger partial charge is 0.224 e. The van der Waals surface area contributed by atoms with Crippen LogP contribution in [0.15, 0.2) is 12.5 Å². The average molecular weight is 299 g/mol. The highest BCUT2D eigenvalue weighted by molar-refractivity contribution is 6.28. The summed E-state index contributed by atoms with van der Waals surface area (Å²) in [7, 11) is 0. The molecule has 0 bridgehead atoms. The number of ether oxygens (including phenoxy) is 2. The number of aromatic nitrogens is 4. The molecule has 0 aromatic carbocycles. The van der Waals surface area contributed by atoms with E-state index >= 15 is 0 Å². The first kappa shape index (κ1) is 13.5. The lowest BCUT2D eigenvalue weighted by Crippen LogP contribution is -2.41. The molecule has 1 fully saturated rings. The predicted octanol–water partition coefficient (Wildman–Crippen LogP) is 1.31. The van der Waals surface area contributed by atoms with Crippen molar-refractivity contribution in [2.75, 3.05) is 19.8 Å².